The fraction of sp³-hybridized carbons (Fsp3) is 0.545. The molecule has 0 bridgehead atoms. The van der Waals surface area contributed by atoms with Crippen LogP contribution < -0.4 is 17.0 Å². The summed E-state index contributed by atoms with van der Waals surface area (Å²) in [5.74, 6) is 0. The van der Waals surface area contributed by atoms with E-state index in [1.807, 2.05) is 0 Å². The first kappa shape index (κ1) is 11.5. The maximum absolute atomic E-state index is 2.39. The van der Waals surface area contributed by atoms with Crippen molar-refractivity contribution in [2.45, 2.75) is 26.3 Å². The highest BCUT2D eigenvalue weighted by Gasteiger charge is 2.21. The molecule has 2 heterocycles. The van der Waals surface area contributed by atoms with Gasteiger partial charge in [0, 0.05) is 12.6 Å². The molecule has 0 saturated carbocycles. The Balaban J connectivity index is 0.000000980. The van der Waals surface area contributed by atoms with Gasteiger partial charge in [0.15, 0.2) is 12.3 Å². The molecule has 3 heteroatoms. The molecule has 0 spiro atoms. The Morgan fingerprint density at radius 2 is 2.29 bits per heavy atom. The standard InChI is InChI=1S/C11H17N2.BrH/c1-3-5-10-11-6-4-7-13(11)9-8-12(10)2;/h4,6-7H,3,5,8-9H2,1-2H3;1H/q+1;/p-1. The van der Waals surface area contributed by atoms with Gasteiger partial charge in [0.1, 0.15) is 12.7 Å². The molecule has 0 aromatic carbocycles. The molecule has 0 unspecified atom stereocenters. The summed E-state index contributed by atoms with van der Waals surface area (Å²) in [4.78, 5) is 0. The lowest BCUT2D eigenvalue weighted by molar-refractivity contribution is -0.502. The van der Waals surface area contributed by atoms with Crippen molar-refractivity contribution in [3.05, 3.63) is 24.0 Å². The molecule has 78 valence electrons. The van der Waals surface area contributed by atoms with E-state index < -0.39 is 0 Å². The van der Waals surface area contributed by atoms with E-state index in [1.165, 1.54) is 24.2 Å². The second kappa shape index (κ2) is 4.78. The topological polar surface area (TPSA) is 7.94 Å². The highest BCUT2D eigenvalue weighted by atomic mass is 79.9. The summed E-state index contributed by atoms with van der Waals surface area (Å²) in [7, 11) is 2.20. The minimum absolute atomic E-state index is 0. The molecule has 14 heavy (non-hydrogen) atoms. The van der Waals surface area contributed by atoms with Crippen LogP contribution in [0.3, 0.4) is 0 Å². The lowest BCUT2D eigenvalue weighted by atomic mass is 10.1. The van der Waals surface area contributed by atoms with Crippen LogP contribution in [0.2, 0.25) is 0 Å². The van der Waals surface area contributed by atoms with Gasteiger partial charge in [-0.05, 0) is 18.6 Å². The van der Waals surface area contributed by atoms with Gasteiger partial charge in [0.25, 0.3) is 0 Å². The van der Waals surface area contributed by atoms with E-state index in [-0.39, 0.29) is 17.0 Å². The summed E-state index contributed by atoms with van der Waals surface area (Å²) in [6.45, 7) is 4.52. The Kier molecular flexibility index (Phi) is 3.93. The molecule has 0 atom stereocenters. The lowest BCUT2D eigenvalue weighted by Crippen LogP contribution is -3.00. The van der Waals surface area contributed by atoms with Crippen molar-refractivity contribution in [1.82, 2.24) is 4.57 Å². The van der Waals surface area contributed by atoms with Gasteiger partial charge in [0.05, 0.1) is 6.54 Å². The van der Waals surface area contributed by atoms with Crippen molar-refractivity contribution in [2.75, 3.05) is 13.6 Å². The zero-order valence-electron chi connectivity index (χ0n) is 8.83. The molecule has 2 nitrogen and oxygen atoms in total. The molecule has 1 aromatic rings. The number of likely N-dealkylation sites (N-methyl/N-ethyl adjacent to an activating group) is 1. The Bertz CT molecular complexity index is 339. The minimum atomic E-state index is 0. The average molecular weight is 257 g/mol. The van der Waals surface area contributed by atoms with Crippen LogP contribution >= 0.6 is 0 Å². The van der Waals surface area contributed by atoms with Gasteiger partial charge in [-0.15, -0.1) is 0 Å². The Morgan fingerprint density at radius 1 is 1.50 bits per heavy atom. The first-order chi connectivity index (χ1) is 6.33. The molecule has 0 saturated heterocycles. The van der Waals surface area contributed by atoms with E-state index >= 15 is 0 Å². The average Bonchev–Trinajstić information content (AvgIpc) is 2.58. The second-order valence-corrected chi connectivity index (χ2v) is 3.71. The van der Waals surface area contributed by atoms with E-state index in [4.69, 9.17) is 0 Å². The van der Waals surface area contributed by atoms with Crippen LogP contribution in [-0.2, 0) is 6.54 Å². The van der Waals surface area contributed by atoms with Gasteiger partial charge < -0.3 is 21.5 Å². The zero-order valence-corrected chi connectivity index (χ0v) is 10.4. The van der Waals surface area contributed by atoms with Crippen molar-refractivity contribution < 1.29 is 21.6 Å². The van der Waals surface area contributed by atoms with E-state index in [2.05, 4.69) is 41.4 Å². The number of rotatable bonds is 2. The molecule has 0 aliphatic carbocycles. The summed E-state index contributed by atoms with van der Waals surface area (Å²) in [6.07, 6.45) is 4.60. The molecule has 1 aliphatic rings. The highest BCUT2D eigenvalue weighted by molar-refractivity contribution is 5.95. The number of nitrogens with zero attached hydrogens (tertiary/aromatic N) is 2. The van der Waals surface area contributed by atoms with Gasteiger partial charge in [-0.25, -0.2) is 4.58 Å². The second-order valence-electron chi connectivity index (χ2n) is 3.71. The summed E-state index contributed by atoms with van der Waals surface area (Å²) < 4.78 is 4.74. The largest absolute Gasteiger partial charge is 1.00 e. The maximum atomic E-state index is 2.39. The molecular formula is C11H17BrN2. The van der Waals surface area contributed by atoms with E-state index in [9.17, 15) is 0 Å². The summed E-state index contributed by atoms with van der Waals surface area (Å²) in [5, 5.41) is 0. The first-order valence-corrected chi connectivity index (χ1v) is 5.05. The normalized spacial score (nSPS) is 15.0. The molecule has 1 aromatic heterocycles. The number of hydrogen-bond donors (Lipinski definition) is 0. The van der Waals surface area contributed by atoms with Gasteiger partial charge in [-0.1, -0.05) is 6.92 Å². The lowest BCUT2D eigenvalue weighted by Gasteiger charge is -2.15. The van der Waals surface area contributed by atoms with Crippen LogP contribution in [0.1, 0.15) is 25.5 Å². The zero-order chi connectivity index (χ0) is 9.26. The molecule has 0 radical (unpaired) electrons. The molecule has 0 amide bonds. The van der Waals surface area contributed by atoms with Crippen molar-refractivity contribution in [3.8, 4) is 0 Å². The highest BCUT2D eigenvalue weighted by Crippen LogP contribution is 2.11. The number of aromatic nitrogens is 1. The molecule has 0 N–H and O–H groups in total. The quantitative estimate of drug-likeness (QED) is 0.584. The summed E-state index contributed by atoms with van der Waals surface area (Å²) in [6, 6.07) is 4.37. The smallest absolute Gasteiger partial charge is 0.199 e. The van der Waals surface area contributed by atoms with Crippen LogP contribution in [0.15, 0.2) is 18.3 Å². The van der Waals surface area contributed by atoms with Gasteiger partial charge in [-0.3, -0.25) is 0 Å². The Hall–Kier alpha value is -0.570. The van der Waals surface area contributed by atoms with Crippen molar-refractivity contribution in [2.24, 2.45) is 0 Å². The monoisotopic (exact) mass is 256 g/mol. The van der Waals surface area contributed by atoms with Crippen LogP contribution in [-0.4, -0.2) is 28.4 Å². The Morgan fingerprint density at radius 3 is 3.00 bits per heavy atom. The van der Waals surface area contributed by atoms with E-state index in [1.54, 1.807) is 0 Å². The number of halogens is 1. The van der Waals surface area contributed by atoms with Crippen LogP contribution in [0, 0.1) is 0 Å². The predicted molar refractivity (Wildman–Crippen MR) is 54.5 cm³/mol. The fourth-order valence-corrected chi connectivity index (χ4v) is 2.02. The SMILES string of the molecule is CCCC1=[N+](C)CCn2cccc21.[Br-]. The van der Waals surface area contributed by atoms with Gasteiger partial charge >= 0.3 is 0 Å². The summed E-state index contributed by atoms with van der Waals surface area (Å²) >= 11 is 0. The number of hydrogen-bond acceptors (Lipinski definition) is 0. The van der Waals surface area contributed by atoms with Crippen molar-refractivity contribution >= 4 is 5.71 Å². The van der Waals surface area contributed by atoms with Crippen LogP contribution in [0.5, 0.6) is 0 Å². The molecule has 2 rings (SSSR count). The fourth-order valence-electron chi connectivity index (χ4n) is 2.02. The van der Waals surface area contributed by atoms with E-state index in [0.717, 1.165) is 13.1 Å². The molecule has 1 aliphatic heterocycles. The van der Waals surface area contributed by atoms with Gasteiger partial charge in [-0.2, -0.15) is 0 Å². The van der Waals surface area contributed by atoms with E-state index in [0.29, 0.717) is 0 Å². The molecular weight excluding hydrogens is 240 g/mol. The third-order valence-corrected chi connectivity index (χ3v) is 2.75. The molecule has 0 fully saturated rings. The van der Waals surface area contributed by atoms with Crippen LogP contribution in [0.25, 0.3) is 0 Å². The minimum Gasteiger partial charge on any atom is -1.00 e. The summed E-state index contributed by atoms with van der Waals surface area (Å²) in [5.41, 5.74) is 2.91. The van der Waals surface area contributed by atoms with Crippen LogP contribution in [0.4, 0.5) is 0 Å². The third-order valence-electron chi connectivity index (χ3n) is 2.75. The number of fused-ring (bicyclic) bond motifs is 1. The maximum Gasteiger partial charge on any atom is 0.199 e. The Labute approximate surface area is 96.0 Å². The third kappa shape index (κ3) is 1.92. The first-order valence-electron chi connectivity index (χ1n) is 5.05. The van der Waals surface area contributed by atoms with Crippen molar-refractivity contribution in [3.63, 3.8) is 0 Å². The van der Waals surface area contributed by atoms with Crippen molar-refractivity contribution in [1.29, 1.82) is 0 Å². The predicted octanol–water partition coefficient (Wildman–Crippen LogP) is -1.26. The van der Waals surface area contributed by atoms with Gasteiger partial charge in [0.2, 0.25) is 0 Å².